The SMILES string of the molecule is CN(C)C(=O)CC1c2nc(C(F)(F)F)nn2CCN1C(=O)C[C@@H](Cc1cc(F)c(F)cc1F)NC(=O)OC(C)(C)C. The van der Waals surface area contributed by atoms with Gasteiger partial charge in [-0.1, -0.05) is 0 Å². The second kappa shape index (κ2) is 11.9. The maximum Gasteiger partial charge on any atom is 0.453 e. The topological polar surface area (TPSA) is 110 Å². The van der Waals surface area contributed by atoms with Crippen LogP contribution in [-0.4, -0.2) is 74.8 Å². The Morgan fingerprint density at radius 3 is 2.29 bits per heavy atom. The molecule has 3 rings (SSSR count). The minimum atomic E-state index is -4.87. The maximum absolute atomic E-state index is 14.4. The van der Waals surface area contributed by atoms with E-state index in [0.29, 0.717) is 12.1 Å². The number of rotatable bonds is 7. The summed E-state index contributed by atoms with van der Waals surface area (Å²) in [5, 5.41) is 5.89. The number of carbonyl (C=O) groups excluding carboxylic acids is 3. The fraction of sp³-hybridized carbons (Fsp3) is 0.560. The summed E-state index contributed by atoms with van der Waals surface area (Å²) >= 11 is 0. The quantitative estimate of drug-likeness (QED) is 0.389. The minimum Gasteiger partial charge on any atom is -0.444 e. The molecule has 0 aliphatic carbocycles. The molecule has 0 fully saturated rings. The molecule has 1 aliphatic rings. The highest BCUT2D eigenvalue weighted by molar-refractivity contribution is 5.81. The van der Waals surface area contributed by atoms with Gasteiger partial charge in [0.15, 0.2) is 17.5 Å². The first-order valence-electron chi connectivity index (χ1n) is 12.5. The fourth-order valence-corrected chi connectivity index (χ4v) is 4.19. The average Bonchev–Trinajstić information content (AvgIpc) is 3.27. The van der Waals surface area contributed by atoms with Gasteiger partial charge in [-0.2, -0.15) is 13.2 Å². The molecule has 2 heterocycles. The standard InChI is InChI=1S/C25H30F6N6O4/c1-24(2,3)41-23(40)32-14(8-13-9-16(27)17(28)11-15(13)26)10-20(39)36-6-7-37-21(18(36)12-19(38)35(4)5)33-22(34-37)25(29,30)31/h9,11,14,18H,6-8,10,12H2,1-5H3,(H,32,40)/t14-,18?/m1/s1. The number of nitrogens with one attached hydrogen (secondary N) is 1. The lowest BCUT2D eigenvalue weighted by Gasteiger charge is -2.36. The number of carbonyl (C=O) groups is 3. The Balaban J connectivity index is 1.93. The molecule has 226 valence electrons. The van der Waals surface area contributed by atoms with Crippen LogP contribution in [0.5, 0.6) is 0 Å². The molecular formula is C25H30F6N6O4. The molecule has 0 spiro atoms. The molecule has 2 atom stereocenters. The van der Waals surface area contributed by atoms with E-state index in [9.17, 15) is 40.7 Å². The van der Waals surface area contributed by atoms with Crippen LogP contribution in [0.25, 0.3) is 0 Å². The lowest BCUT2D eigenvalue weighted by atomic mass is 10.0. The summed E-state index contributed by atoms with van der Waals surface area (Å²) in [5.74, 6) is -6.81. The summed E-state index contributed by atoms with van der Waals surface area (Å²) in [6.07, 6.45) is -7.28. The summed E-state index contributed by atoms with van der Waals surface area (Å²) in [7, 11) is 2.86. The molecule has 0 radical (unpaired) electrons. The number of hydrogen-bond acceptors (Lipinski definition) is 6. The highest BCUT2D eigenvalue weighted by Gasteiger charge is 2.42. The Morgan fingerprint density at radius 1 is 1.07 bits per heavy atom. The average molecular weight is 593 g/mol. The molecule has 1 N–H and O–H groups in total. The lowest BCUT2D eigenvalue weighted by molar-refractivity contribution is -0.145. The van der Waals surface area contributed by atoms with E-state index in [2.05, 4.69) is 15.4 Å². The zero-order valence-electron chi connectivity index (χ0n) is 23.0. The second-order valence-corrected chi connectivity index (χ2v) is 10.7. The monoisotopic (exact) mass is 592 g/mol. The van der Waals surface area contributed by atoms with E-state index in [-0.39, 0.29) is 24.5 Å². The van der Waals surface area contributed by atoms with Gasteiger partial charge < -0.3 is 19.9 Å². The van der Waals surface area contributed by atoms with Crippen molar-refractivity contribution in [1.82, 2.24) is 29.9 Å². The zero-order valence-corrected chi connectivity index (χ0v) is 23.0. The van der Waals surface area contributed by atoms with Crippen LogP contribution in [0.3, 0.4) is 0 Å². The molecule has 1 aliphatic heterocycles. The van der Waals surface area contributed by atoms with Gasteiger partial charge >= 0.3 is 12.3 Å². The number of alkyl halides is 3. The summed E-state index contributed by atoms with van der Waals surface area (Å²) in [6, 6.07) is -1.53. The third-order valence-electron chi connectivity index (χ3n) is 6.07. The number of benzene rings is 1. The van der Waals surface area contributed by atoms with Crippen LogP contribution in [0, 0.1) is 17.5 Å². The van der Waals surface area contributed by atoms with Gasteiger partial charge in [-0.3, -0.25) is 9.59 Å². The fourth-order valence-electron chi connectivity index (χ4n) is 4.19. The molecule has 1 aromatic heterocycles. The van der Waals surface area contributed by atoms with Gasteiger partial charge in [0.25, 0.3) is 5.82 Å². The number of ether oxygens (including phenoxy) is 1. The Labute approximate surface area is 231 Å². The Kier molecular flexibility index (Phi) is 9.23. The minimum absolute atomic E-state index is 0.156. The van der Waals surface area contributed by atoms with Crippen LogP contribution in [-0.2, 0) is 33.5 Å². The van der Waals surface area contributed by atoms with Crippen molar-refractivity contribution in [2.75, 3.05) is 20.6 Å². The van der Waals surface area contributed by atoms with Gasteiger partial charge in [0, 0.05) is 39.2 Å². The third kappa shape index (κ3) is 8.10. The van der Waals surface area contributed by atoms with Crippen molar-refractivity contribution in [3.63, 3.8) is 0 Å². The normalized spacial score (nSPS) is 16.2. The van der Waals surface area contributed by atoms with Crippen LogP contribution in [0.4, 0.5) is 31.1 Å². The summed E-state index contributed by atoms with van der Waals surface area (Å²) in [5.41, 5.74) is -1.29. The van der Waals surface area contributed by atoms with E-state index >= 15 is 0 Å². The molecule has 2 aromatic rings. The second-order valence-electron chi connectivity index (χ2n) is 10.7. The first-order valence-corrected chi connectivity index (χ1v) is 12.5. The van der Waals surface area contributed by atoms with Crippen molar-refractivity contribution in [2.24, 2.45) is 0 Å². The number of nitrogens with zero attached hydrogens (tertiary/aromatic N) is 5. The number of fused-ring (bicyclic) bond motifs is 1. The van der Waals surface area contributed by atoms with E-state index in [1.165, 1.54) is 19.0 Å². The van der Waals surface area contributed by atoms with E-state index in [0.717, 1.165) is 9.58 Å². The third-order valence-corrected chi connectivity index (χ3v) is 6.07. The largest absolute Gasteiger partial charge is 0.453 e. The first kappa shape index (κ1) is 31.7. The van der Waals surface area contributed by atoms with Gasteiger partial charge in [-0.15, -0.1) is 5.10 Å². The molecular weight excluding hydrogens is 562 g/mol. The van der Waals surface area contributed by atoms with Gasteiger partial charge in [0.2, 0.25) is 11.8 Å². The van der Waals surface area contributed by atoms with Gasteiger partial charge in [0.05, 0.1) is 13.0 Å². The van der Waals surface area contributed by atoms with Crippen molar-refractivity contribution in [3.8, 4) is 0 Å². The van der Waals surface area contributed by atoms with E-state index < -0.39 is 84.3 Å². The Morgan fingerprint density at radius 2 is 1.71 bits per heavy atom. The molecule has 16 heteroatoms. The van der Waals surface area contributed by atoms with Gasteiger partial charge in [-0.05, 0) is 38.8 Å². The van der Waals surface area contributed by atoms with Crippen LogP contribution in [0.2, 0.25) is 0 Å². The predicted octanol–water partition coefficient (Wildman–Crippen LogP) is 3.60. The molecule has 1 unspecified atom stereocenters. The lowest BCUT2D eigenvalue weighted by Crippen LogP contribution is -2.48. The molecule has 0 saturated heterocycles. The molecule has 0 bridgehead atoms. The first-order chi connectivity index (χ1) is 18.9. The summed E-state index contributed by atoms with van der Waals surface area (Å²) in [4.78, 5) is 44.5. The van der Waals surface area contributed by atoms with Crippen molar-refractivity contribution >= 4 is 17.9 Å². The molecule has 0 saturated carbocycles. The highest BCUT2D eigenvalue weighted by Crippen LogP contribution is 2.33. The number of hydrogen-bond donors (Lipinski definition) is 1. The molecule has 3 amide bonds. The van der Waals surface area contributed by atoms with Crippen molar-refractivity contribution in [1.29, 1.82) is 0 Å². The number of amides is 3. The van der Waals surface area contributed by atoms with Crippen molar-refractivity contribution in [3.05, 3.63) is 46.8 Å². The van der Waals surface area contributed by atoms with Crippen LogP contribution in [0.1, 0.15) is 56.9 Å². The maximum atomic E-state index is 14.4. The van der Waals surface area contributed by atoms with Crippen LogP contribution >= 0.6 is 0 Å². The predicted molar refractivity (Wildman–Crippen MR) is 131 cm³/mol. The highest BCUT2D eigenvalue weighted by atomic mass is 19.4. The zero-order chi connectivity index (χ0) is 30.9. The van der Waals surface area contributed by atoms with E-state index in [4.69, 9.17) is 4.74 Å². The van der Waals surface area contributed by atoms with Gasteiger partial charge in [-0.25, -0.2) is 27.6 Å². The summed E-state index contributed by atoms with van der Waals surface area (Å²) in [6.45, 7) is 4.41. The Hall–Kier alpha value is -3.85. The van der Waals surface area contributed by atoms with E-state index in [1.54, 1.807) is 20.8 Å². The van der Waals surface area contributed by atoms with Crippen LogP contribution < -0.4 is 5.32 Å². The Bertz CT molecular complexity index is 1310. The molecule has 1 aromatic carbocycles. The number of halogens is 6. The van der Waals surface area contributed by atoms with Gasteiger partial charge in [0.1, 0.15) is 17.5 Å². The molecule has 10 nitrogen and oxygen atoms in total. The molecule has 41 heavy (non-hydrogen) atoms. The summed E-state index contributed by atoms with van der Waals surface area (Å²) < 4.78 is 87.9. The number of aromatic nitrogens is 3. The number of alkyl carbamates (subject to hydrolysis) is 1. The van der Waals surface area contributed by atoms with Crippen molar-refractivity contribution in [2.45, 2.75) is 70.4 Å². The van der Waals surface area contributed by atoms with Crippen molar-refractivity contribution < 1.29 is 45.5 Å². The van der Waals surface area contributed by atoms with E-state index in [1.807, 2.05) is 0 Å². The smallest absolute Gasteiger partial charge is 0.444 e. The van der Waals surface area contributed by atoms with Crippen LogP contribution in [0.15, 0.2) is 12.1 Å².